The fourth-order valence-electron chi connectivity index (χ4n) is 2.16. The number of nitrogens with one attached hydrogen (secondary N) is 1. The van der Waals surface area contributed by atoms with E-state index in [1.807, 2.05) is 4.90 Å². The molecule has 0 saturated heterocycles. The van der Waals surface area contributed by atoms with Crippen LogP contribution in [0.2, 0.25) is 0 Å². The molecule has 0 aromatic carbocycles. The van der Waals surface area contributed by atoms with Gasteiger partial charge in [0.15, 0.2) is 0 Å². The molecule has 0 spiro atoms. The molecule has 19 heavy (non-hydrogen) atoms. The Balaban J connectivity index is 1.79. The predicted octanol–water partition coefficient (Wildman–Crippen LogP) is 1.96. The predicted molar refractivity (Wildman–Crippen MR) is 70.6 cm³/mol. The van der Waals surface area contributed by atoms with E-state index in [1.165, 1.54) is 25.1 Å². The maximum Gasteiger partial charge on any atom is 0.270 e. The minimum Gasteiger partial charge on any atom is -0.356 e. The van der Waals surface area contributed by atoms with Crippen molar-refractivity contribution in [3.05, 3.63) is 18.0 Å². The van der Waals surface area contributed by atoms with E-state index in [1.54, 1.807) is 0 Å². The molecule has 7 heteroatoms. The Hall–Kier alpha value is -1.01. The average Bonchev–Trinajstić information content (AvgIpc) is 3.23. The van der Waals surface area contributed by atoms with Gasteiger partial charge in [0.1, 0.15) is 10.6 Å². The van der Waals surface area contributed by atoms with Gasteiger partial charge in [0.2, 0.25) is 0 Å². The van der Waals surface area contributed by atoms with Gasteiger partial charge in [0.25, 0.3) is 15.0 Å². The molecule has 1 heterocycles. The summed E-state index contributed by atoms with van der Waals surface area (Å²) in [5.74, 6) is 0.497. The third-order valence-electron chi connectivity index (χ3n) is 3.57. The van der Waals surface area contributed by atoms with Crippen molar-refractivity contribution < 1.29 is 13.2 Å². The molecule has 3 rings (SSSR count). The molecule has 2 aliphatic rings. The van der Waals surface area contributed by atoms with E-state index in [0.717, 1.165) is 19.4 Å². The summed E-state index contributed by atoms with van der Waals surface area (Å²) < 4.78 is 22.4. The van der Waals surface area contributed by atoms with Crippen LogP contribution in [-0.4, -0.2) is 36.8 Å². The highest BCUT2D eigenvalue weighted by Crippen LogP contribution is 2.35. The standard InChI is InChI=1S/C12H15ClN2O3S/c13-19(17,18)10-5-11(14-6-10)12(16)15(9-3-4-9)7-8-1-2-8/h5-6,8-9,14H,1-4,7H2. The lowest BCUT2D eigenvalue weighted by Gasteiger charge is -2.21. The molecule has 1 aromatic rings. The molecular weight excluding hydrogens is 288 g/mol. The average molecular weight is 303 g/mol. The van der Waals surface area contributed by atoms with E-state index in [4.69, 9.17) is 10.7 Å². The van der Waals surface area contributed by atoms with E-state index in [9.17, 15) is 13.2 Å². The number of hydrogen-bond acceptors (Lipinski definition) is 3. The number of halogens is 1. The van der Waals surface area contributed by atoms with Gasteiger partial charge in [-0.1, -0.05) is 0 Å². The van der Waals surface area contributed by atoms with Crippen LogP contribution >= 0.6 is 10.7 Å². The van der Waals surface area contributed by atoms with Gasteiger partial charge < -0.3 is 9.88 Å². The maximum atomic E-state index is 12.4. The van der Waals surface area contributed by atoms with Crippen molar-refractivity contribution >= 4 is 25.6 Å². The molecule has 1 amide bonds. The molecule has 0 aliphatic heterocycles. The number of aromatic amines is 1. The summed E-state index contributed by atoms with van der Waals surface area (Å²) in [5, 5.41) is 0. The Labute approximate surface area is 116 Å². The van der Waals surface area contributed by atoms with Gasteiger partial charge in [-0.05, 0) is 37.7 Å². The van der Waals surface area contributed by atoms with Crippen LogP contribution in [0.4, 0.5) is 0 Å². The van der Waals surface area contributed by atoms with Gasteiger partial charge in [-0.25, -0.2) is 8.42 Å². The fourth-order valence-corrected chi connectivity index (χ4v) is 2.88. The number of nitrogens with zero attached hydrogens (tertiary/aromatic N) is 1. The molecule has 2 saturated carbocycles. The van der Waals surface area contributed by atoms with E-state index < -0.39 is 9.05 Å². The van der Waals surface area contributed by atoms with Gasteiger partial charge in [0, 0.05) is 29.5 Å². The number of rotatable bonds is 5. The number of amides is 1. The van der Waals surface area contributed by atoms with Gasteiger partial charge in [-0.15, -0.1) is 0 Å². The lowest BCUT2D eigenvalue weighted by atomic mass is 10.3. The SMILES string of the molecule is O=C(c1cc(S(=O)(=O)Cl)c[nH]1)N(CC1CC1)C1CC1. The van der Waals surface area contributed by atoms with E-state index in [2.05, 4.69) is 4.98 Å². The first-order valence-electron chi connectivity index (χ1n) is 6.39. The summed E-state index contributed by atoms with van der Waals surface area (Å²) in [6.45, 7) is 0.783. The zero-order valence-electron chi connectivity index (χ0n) is 10.3. The van der Waals surface area contributed by atoms with E-state index in [0.29, 0.717) is 17.7 Å². The first kappa shape index (κ1) is 13.0. The van der Waals surface area contributed by atoms with Crippen LogP contribution in [0.3, 0.4) is 0 Å². The highest BCUT2D eigenvalue weighted by molar-refractivity contribution is 8.13. The van der Waals surface area contributed by atoms with Crippen LogP contribution in [0.5, 0.6) is 0 Å². The monoisotopic (exact) mass is 302 g/mol. The fraction of sp³-hybridized carbons (Fsp3) is 0.583. The number of hydrogen-bond donors (Lipinski definition) is 1. The summed E-state index contributed by atoms with van der Waals surface area (Å²) in [6, 6.07) is 1.64. The molecule has 0 unspecified atom stereocenters. The second kappa shape index (κ2) is 4.52. The molecule has 2 aliphatic carbocycles. The van der Waals surface area contributed by atoms with Gasteiger partial charge >= 0.3 is 0 Å². The Bertz CT molecular complexity index is 602. The summed E-state index contributed by atoms with van der Waals surface area (Å²) in [5.41, 5.74) is 0.298. The second-order valence-electron chi connectivity index (χ2n) is 5.32. The van der Waals surface area contributed by atoms with Crippen LogP contribution < -0.4 is 0 Å². The molecule has 0 radical (unpaired) electrons. The largest absolute Gasteiger partial charge is 0.356 e. The molecule has 104 valence electrons. The summed E-state index contributed by atoms with van der Waals surface area (Å²) >= 11 is 0. The molecule has 2 fully saturated rings. The van der Waals surface area contributed by atoms with Crippen molar-refractivity contribution in [3.63, 3.8) is 0 Å². The number of carbonyl (C=O) groups is 1. The van der Waals surface area contributed by atoms with Crippen LogP contribution in [0.1, 0.15) is 36.2 Å². The Morgan fingerprint density at radius 3 is 2.53 bits per heavy atom. The number of aromatic nitrogens is 1. The molecule has 5 nitrogen and oxygen atoms in total. The second-order valence-corrected chi connectivity index (χ2v) is 7.88. The number of H-pyrrole nitrogens is 1. The summed E-state index contributed by atoms with van der Waals surface area (Å²) in [7, 11) is 1.47. The Morgan fingerprint density at radius 2 is 2.05 bits per heavy atom. The summed E-state index contributed by atoms with van der Waals surface area (Å²) in [6.07, 6.45) is 5.71. The van der Waals surface area contributed by atoms with Gasteiger partial charge in [0.05, 0.1) is 0 Å². The minimum absolute atomic E-state index is 0.0558. The van der Waals surface area contributed by atoms with Crippen molar-refractivity contribution in [3.8, 4) is 0 Å². The molecular formula is C12H15ClN2O3S. The highest BCUT2D eigenvalue weighted by atomic mass is 35.7. The van der Waals surface area contributed by atoms with Crippen molar-refractivity contribution in [1.82, 2.24) is 9.88 Å². The first-order valence-corrected chi connectivity index (χ1v) is 8.70. The number of carbonyl (C=O) groups excluding carboxylic acids is 1. The molecule has 1 aromatic heterocycles. The molecule has 0 atom stereocenters. The van der Waals surface area contributed by atoms with Crippen LogP contribution in [0.25, 0.3) is 0 Å². The first-order chi connectivity index (χ1) is 8.95. The van der Waals surface area contributed by atoms with Crippen LogP contribution in [-0.2, 0) is 9.05 Å². The van der Waals surface area contributed by atoms with Crippen molar-refractivity contribution in [2.45, 2.75) is 36.6 Å². The topological polar surface area (TPSA) is 70.2 Å². The lowest BCUT2D eigenvalue weighted by molar-refractivity contribution is 0.0729. The van der Waals surface area contributed by atoms with Gasteiger partial charge in [-0.3, -0.25) is 4.79 Å². The van der Waals surface area contributed by atoms with Crippen LogP contribution in [0, 0.1) is 5.92 Å². The minimum atomic E-state index is -3.79. The third-order valence-corrected chi connectivity index (χ3v) is 4.90. The van der Waals surface area contributed by atoms with E-state index >= 15 is 0 Å². The smallest absolute Gasteiger partial charge is 0.270 e. The molecule has 1 N–H and O–H groups in total. The highest BCUT2D eigenvalue weighted by Gasteiger charge is 2.37. The Kier molecular flexibility index (Phi) is 3.09. The normalized spacial score (nSPS) is 19.4. The van der Waals surface area contributed by atoms with Crippen molar-refractivity contribution in [1.29, 1.82) is 0 Å². The van der Waals surface area contributed by atoms with Crippen molar-refractivity contribution in [2.24, 2.45) is 5.92 Å². The molecule has 0 bridgehead atoms. The van der Waals surface area contributed by atoms with Crippen LogP contribution in [0.15, 0.2) is 17.2 Å². The summed E-state index contributed by atoms with van der Waals surface area (Å²) in [4.78, 5) is 16.9. The quantitative estimate of drug-likeness (QED) is 0.845. The third kappa shape index (κ3) is 2.95. The Morgan fingerprint density at radius 1 is 1.37 bits per heavy atom. The van der Waals surface area contributed by atoms with Gasteiger partial charge in [-0.2, -0.15) is 0 Å². The zero-order chi connectivity index (χ0) is 13.6. The maximum absolute atomic E-state index is 12.4. The van der Waals surface area contributed by atoms with Crippen molar-refractivity contribution in [2.75, 3.05) is 6.54 Å². The lowest BCUT2D eigenvalue weighted by Crippen LogP contribution is -2.35. The zero-order valence-corrected chi connectivity index (χ0v) is 11.9. The van der Waals surface area contributed by atoms with E-state index in [-0.39, 0.29) is 10.8 Å².